The number of aromatic nitrogens is 1. The van der Waals surface area contributed by atoms with Gasteiger partial charge in [0.1, 0.15) is 0 Å². The van der Waals surface area contributed by atoms with Gasteiger partial charge in [-0.2, -0.15) is 0 Å². The van der Waals surface area contributed by atoms with Crippen LogP contribution in [0.15, 0.2) is 78.9 Å². The van der Waals surface area contributed by atoms with E-state index in [0.29, 0.717) is 0 Å². The third kappa shape index (κ3) is 2.47. The van der Waals surface area contributed by atoms with Gasteiger partial charge in [-0.25, -0.2) is 0 Å². The highest BCUT2D eigenvalue weighted by molar-refractivity contribution is 6.10. The van der Waals surface area contributed by atoms with E-state index < -0.39 is 0 Å². The Balaban J connectivity index is 1.53. The standard InChI is InChI=1S/C28H23N/c1-2-15-29-26-12-4-3-10-24(26)25-17-19(13-14-27(25)29)16-22-18-21-9-5-7-20-8-6-11-23(22)28(20)21/h3-14,16-17H,2,15,18H2,1H3/b22-16+. The van der Waals surface area contributed by atoms with Crippen molar-refractivity contribution in [3.63, 3.8) is 0 Å². The van der Waals surface area contributed by atoms with Gasteiger partial charge in [-0.3, -0.25) is 0 Å². The van der Waals surface area contributed by atoms with Crippen LogP contribution in [0.1, 0.15) is 30.0 Å². The van der Waals surface area contributed by atoms with Crippen molar-refractivity contribution in [2.45, 2.75) is 26.3 Å². The number of nitrogens with zero attached hydrogens (tertiary/aromatic N) is 1. The molecule has 0 atom stereocenters. The number of hydrogen-bond donors (Lipinski definition) is 0. The molecule has 0 radical (unpaired) electrons. The quantitative estimate of drug-likeness (QED) is 0.309. The van der Waals surface area contributed by atoms with Gasteiger partial charge >= 0.3 is 0 Å². The average molecular weight is 373 g/mol. The first-order chi connectivity index (χ1) is 14.3. The topological polar surface area (TPSA) is 4.93 Å². The zero-order valence-electron chi connectivity index (χ0n) is 16.7. The van der Waals surface area contributed by atoms with E-state index >= 15 is 0 Å². The monoisotopic (exact) mass is 373 g/mol. The molecule has 1 heteroatoms. The van der Waals surface area contributed by atoms with Crippen molar-refractivity contribution in [3.05, 3.63) is 95.6 Å². The maximum absolute atomic E-state index is 2.47. The Labute approximate surface area is 170 Å². The fourth-order valence-electron chi connectivity index (χ4n) is 5.09. The molecular weight excluding hydrogens is 350 g/mol. The molecule has 0 bridgehead atoms. The lowest BCUT2D eigenvalue weighted by molar-refractivity contribution is 0.724. The molecular formula is C28H23N. The largest absolute Gasteiger partial charge is 0.340 e. The number of allylic oxidation sites excluding steroid dienone is 1. The Morgan fingerprint density at radius 2 is 1.66 bits per heavy atom. The van der Waals surface area contributed by atoms with Crippen LogP contribution in [0.5, 0.6) is 0 Å². The van der Waals surface area contributed by atoms with Crippen molar-refractivity contribution in [1.82, 2.24) is 4.57 Å². The highest BCUT2D eigenvalue weighted by Crippen LogP contribution is 2.39. The van der Waals surface area contributed by atoms with E-state index in [-0.39, 0.29) is 0 Å². The van der Waals surface area contributed by atoms with Gasteiger partial charge < -0.3 is 4.57 Å². The van der Waals surface area contributed by atoms with E-state index in [1.54, 1.807) is 0 Å². The minimum absolute atomic E-state index is 1.02. The minimum Gasteiger partial charge on any atom is -0.340 e. The Kier molecular flexibility index (Phi) is 3.64. The lowest BCUT2D eigenvalue weighted by atomic mass is 10.0. The third-order valence-electron chi connectivity index (χ3n) is 6.30. The van der Waals surface area contributed by atoms with Crippen LogP contribution < -0.4 is 0 Å². The smallest absolute Gasteiger partial charge is 0.0491 e. The number of rotatable bonds is 3. The fraction of sp³-hybridized carbons (Fsp3) is 0.143. The summed E-state index contributed by atoms with van der Waals surface area (Å²) in [7, 11) is 0. The van der Waals surface area contributed by atoms with Gasteiger partial charge in [-0.1, -0.05) is 73.7 Å². The highest BCUT2D eigenvalue weighted by atomic mass is 15.0. The van der Waals surface area contributed by atoms with Crippen LogP contribution in [0.4, 0.5) is 0 Å². The van der Waals surface area contributed by atoms with Gasteiger partial charge in [-0.05, 0) is 64.1 Å². The molecule has 1 nitrogen and oxygen atoms in total. The first kappa shape index (κ1) is 16.6. The first-order valence-electron chi connectivity index (χ1n) is 10.6. The first-order valence-corrected chi connectivity index (χ1v) is 10.6. The molecule has 0 aliphatic heterocycles. The highest BCUT2D eigenvalue weighted by Gasteiger charge is 2.18. The van der Waals surface area contributed by atoms with Crippen LogP contribution in [0.2, 0.25) is 0 Å². The van der Waals surface area contributed by atoms with E-state index in [0.717, 1.165) is 19.4 Å². The second-order valence-electron chi connectivity index (χ2n) is 8.11. The second kappa shape index (κ2) is 6.35. The maximum Gasteiger partial charge on any atom is 0.0491 e. The van der Waals surface area contributed by atoms with Crippen molar-refractivity contribution in [3.8, 4) is 0 Å². The maximum atomic E-state index is 2.47. The van der Waals surface area contributed by atoms with Crippen molar-refractivity contribution in [2.75, 3.05) is 0 Å². The van der Waals surface area contributed by atoms with Gasteiger partial charge in [0.25, 0.3) is 0 Å². The summed E-state index contributed by atoms with van der Waals surface area (Å²) in [4.78, 5) is 0. The number of hydrogen-bond acceptors (Lipinski definition) is 0. The summed E-state index contributed by atoms with van der Waals surface area (Å²) in [5.41, 5.74) is 8.24. The van der Waals surface area contributed by atoms with Crippen LogP contribution in [-0.2, 0) is 13.0 Å². The number of aryl methyl sites for hydroxylation is 1. The molecule has 4 aromatic carbocycles. The molecule has 1 aromatic heterocycles. The zero-order chi connectivity index (χ0) is 19.4. The molecule has 0 spiro atoms. The second-order valence-corrected chi connectivity index (χ2v) is 8.11. The summed E-state index contributed by atoms with van der Waals surface area (Å²) in [6, 6.07) is 29.1. The molecule has 0 saturated heterocycles. The van der Waals surface area contributed by atoms with Crippen LogP contribution in [-0.4, -0.2) is 4.57 Å². The molecule has 0 fully saturated rings. The molecule has 0 N–H and O–H groups in total. The molecule has 29 heavy (non-hydrogen) atoms. The van der Waals surface area contributed by atoms with Crippen LogP contribution in [0.3, 0.4) is 0 Å². The van der Waals surface area contributed by atoms with Gasteiger partial charge in [-0.15, -0.1) is 0 Å². The molecule has 1 aliphatic rings. The number of benzene rings is 4. The fourth-order valence-corrected chi connectivity index (χ4v) is 5.09. The van der Waals surface area contributed by atoms with Gasteiger partial charge in [0.2, 0.25) is 0 Å². The van der Waals surface area contributed by atoms with Crippen LogP contribution in [0, 0.1) is 0 Å². The predicted octanol–water partition coefficient (Wildman–Crippen LogP) is 7.45. The normalized spacial score (nSPS) is 14.6. The third-order valence-corrected chi connectivity index (χ3v) is 6.30. The molecule has 1 heterocycles. The summed E-state index contributed by atoms with van der Waals surface area (Å²) < 4.78 is 2.47. The van der Waals surface area contributed by atoms with E-state index in [2.05, 4.69) is 96.4 Å². The molecule has 1 aliphatic carbocycles. The summed E-state index contributed by atoms with van der Waals surface area (Å²) in [6.07, 6.45) is 4.55. The van der Waals surface area contributed by atoms with Gasteiger partial charge in [0, 0.05) is 28.4 Å². The average Bonchev–Trinajstić information content (AvgIpc) is 3.26. The molecule has 0 unspecified atom stereocenters. The summed E-state index contributed by atoms with van der Waals surface area (Å²) in [5.74, 6) is 0. The minimum atomic E-state index is 1.02. The van der Waals surface area contributed by atoms with E-state index in [9.17, 15) is 0 Å². The molecule has 6 rings (SSSR count). The predicted molar refractivity (Wildman–Crippen MR) is 125 cm³/mol. The summed E-state index contributed by atoms with van der Waals surface area (Å²) in [6.45, 7) is 3.31. The SMILES string of the molecule is CCCn1c2ccccc2c2cc(/C=C3\Cc4cccc5cccc3c45)ccc21. The molecule has 140 valence electrons. The van der Waals surface area contributed by atoms with Crippen LogP contribution in [0.25, 0.3) is 44.2 Å². The Morgan fingerprint density at radius 3 is 2.55 bits per heavy atom. The lowest BCUT2D eigenvalue weighted by Gasteiger charge is -2.06. The van der Waals surface area contributed by atoms with Crippen LogP contribution >= 0.6 is 0 Å². The van der Waals surface area contributed by atoms with E-state index in [4.69, 9.17) is 0 Å². The zero-order valence-corrected chi connectivity index (χ0v) is 16.7. The van der Waals surface area contributed by atoms with Crippen molar-refractivity contribution < 1.29 is 0 Å². The Morgan fingerprint density at radius 1 is 0.828 bits per heavy atom. The summed E-state index contributed by atoms with van der Waals surface area (Å²) >= 11 is 0. The number of fused-ring (bicyclic) bond motifs is 3. The Bertz CT molecular complexity index is 1430. The summed E-state index contributed by atoms with van der Waals surface area (Å²) in [5, 5.41) is 5.49. The van der Waals surface area contributed by atoms with Gasteiger partial charge in [0.15, 0.2) is 0 Å². The lowest BCUT2D eigenvalue weighted by Crippen LogP contribution is -1.95. The molecule has 5 aromatic rings. The van der Waals surface area contributed by atoms with Gasteiger partial charge in [0.05, 0.1) is 0 Å². The number of para-hydroxylation sites is 1. The molecule has 0 saturated carbocycles. The molecule has 0 amide bonds. The Hall–Kier alpha value is -3.32. The van der Waals surface area contributed by atoms with Crippen molar-refractivity contribution >= 4 is 44.2 Å². The van der Waals surface area contributed by atoms with Crippen molar-refractivity contribution in [1.29, 1.82) is 0 Å². The van der Waals surface area contributed by atoms with Crippen molar-refractivity contribution in [2.24, 2.45) is 0 Å². The van der Waals surface area contributed by atoms with E-state index in [1.807, 2.05) is 0 Å². The van der Waals surface area contributed by atoms with E-state index in [1.165, 1.54) is 54.8 Å².